The highest BCUT2D eigenvalue weighted by atomic mass is 35.5. The van der Waals surface area contributed by atoms with Crippen molar-refractivity contribution in [3.63, 3.8) is 0 Å². The minimum absolute atomic E-state index is 0.543. The summed E-state index contributed by atoms with van der Waals surface area (Å²) in [5.41, 5.74) is 3.33. The van der Waals surface area contributed by atoms with Gasteiger partial charge < -0.3 is 4.57 Å². The fourth-order valence-electron chi connectivity index (χ4n) is 2.17. The number of aryl methyl sites for hydroxylation is 3. The lowest BCUT2D eigenvalue weighted by Crippen LogP contribution is -2.05. The predicted molar refractivity (Wildman–Crippen MR) is 82.7 cm³/mol. The zero-order valence-corrected chi connectivity index (χ0v) is 13.4. The molecule has 4 nitrogen and oxygen atoms in total. The molecule has 0 radical (unpaired) electrons. The molecule has 20 heavy (non-hydrogen) atoms. The number of aromatic nitrogens is 4. The first-order valence-electron chi connectivity index (χ1n) is 6.38. The van der Waals surface area contributed by atoms with Crippen molar-refractivity contribution in [2.45, 2.75) is 34.2 Å². The number of hydrogen-bond acceptors (Lipinski definition) is 4. The fourth-order valence-corrected chi connectivity index (χ4v) is 3.60. The minimum Gasteiger partial charge on any atom is -0.327 e. The Balaban J connectivity index is 2.07. The Hall–Kier alpha value is -1.46. The van der Waals surface area contributed by atoms with E-state index in [-0.39, 0.29) is 0 Å². The standard InChI is InChI=1S/C14H15ClN4S/c1-7-10(4)20-14-12(7)13(15)17-11(18-14)5-19-6-16-8(2)9(19)3/h6H,5H2,1-4H3. The van der Waals surface area contributed by atoms with Gasteiger partial charge in [0.1, 0.15) is 9.98 Å². The van der Waals surface area contributed by atoms with Gasteiger partial charge in [-0.3, -0.25) is 0 Å². The summed E-state index contributed by atoms with van der Waals surface area (Å²) in [6, 6.07) is 0. The molecular weight excluding hydrogens is 292 g/mol. The molecule has 3 aromatic heterocycles. The van der Waals surface area contributed by atoms with Gasteiger partial charge >= 0.3 is 0 Å². The van der Waals surface area contributed by atoms with E-state index in [0.717, 1.165) is 27.4 Å². The molecule has 0 bridgehead atoms. The maximum Gasteiger partial charge on any atom is 0.151 e. The van der Waals surface area contributed by atoms with Gasteiger partial charge in [-0.25, -0.2) is 15.0 Å². The van der Waals surface area contributed by atoms with Crippen molar-refractivity contribution in [2.75, 3.05) is 0 Å². The molecule has 0 spiro atoms. The summed E-state index contributed by atoms with van der Waals surface area (Å²) in [6.45, 7) is 8.78. The first kappa shape index (κ1) is 13.5. The molecule has 3 heterocycles. The first-order valence-corrected chi connectivity index (χ1v) is 7.57. The molecule has 0 amide bonds. The molecule has 0 N–H and O–H groups in total. The molecule has 0 atom stereocenters. The third kappa shape index (κ3) is 2.11. The molecule has 0 aromatic carbocycles. The predicted octanol–water partition coefficient (Wildman–Crippen LogP) is 3.82. The van der Waals surface area contributed by atoms with Crippen molar-refractivity contribution < 1.29 is 0 Å². The van der Waals surface area contributed by atoms with Gasteiger partial charge in [0.05, 0.1) is 24.0 Å². The number of rotatable bonds is 2. The van der Waals surface area contributed by atoms with E-state index in [4.69, 9.17) is 11.6 Å². The van der Waals surface area contributed by atoms with Gasteiger partial charge in [0.2, 0.25) is 0 Å². The Morgan fingerprint density at radius 3 is 2.60 bits per heavy atom. The maximum absolute atomic E-state index is 6.32. The highest BCUT2D eigenvalue weighted by Gasteiger charge is 2.14. The Morgan fingerprint density at radius 2 is 1.95 bits per heavy atom. The van der Waals surface area contributed by atoms with E-state index < -0.39 is 0 Å². The van der Waals surface area contributed by atoms with Crippen LogP contribution < -0.4 is 0 Å². The van der Waals surface area contributed by atoms with Gasteiger partial charge in [-0.2, -0.15) is 0 Å². The first-order chi connectivity index (χ1) is 9.47. The van der Waals surface area contributed by atoms with Crippen LogP contribution in [0.15, 0.2) is 6.33 Å². The van der Waals surface area contributed by atoms with Crippen LogP contribution in [0.1, 0.15) is 27.7 Å². The van der Waals surface area contributed by atoms with E-state index in [1.54, 1.807) is 11.3 Å². The minimum atomic E-state index is 0.543. The molecule has 3 rings (SSSR count). The molecule has 0 unspecified atom stereocenters. The largest absolute Gasteiger partial charge is 0.327 e. The Labute approximate surface area is 126 Å². The summed E-state index contributed by atoms with van der Waals surface area (Å²) in [5.74, 6) is 0.726. The summed E-state index contributed by atoms with van der Waals surface area (Å²) in [6.07, 6.45) is 1.82. The number of hydrogen-bond donors (Lipinski definition) is 0. The van der Waals surface area contributed by atoms with Crippen LogP contribution in [0, 0.1) is 27.7 Å². The van der Waals surface area contributed by atoms with Gasteiger partial charge in [-0.05, 0) is 33.3 Å². The van der Waals surface area contributed by atoms with Crippen LogP contribution >= 0.6 is 22.9 Å². The molecule has 0 saturated carbocycles. The zero-order valence-electron chi connectivity index (χ0n) is 11.9. The van der Waals surface area contributed by atoms with Crippen LogP contribution in [-0.4, -0.2) is 19.5 Å². The summed E-state index contributed by atoms with van der Waals surface area (Å²) in [4.78, 5) is 15.6. The molecule has 6 heteroatoms. The topological polar surface area (TPSA) is 43.6 Å². The molecular formula is C14H15ClN4S. The average molecular weight is 307 g/mol. The number of halogens is 1. The molecule has 3 aromatic rings. The number of fused-ring (bicyclic) bond motifs is 1. The molecule has 0 aliphatic heterocycles. The highest BCUT2D eigenvalue weighted by molar-refractivity contribution is 7.18. The summed E-state index contributed by atoms with van der Waals surface area (Å²) >= 11 is 7.99. The van der Waals surface area contributed by atoms with E-state index in [1.807, 2.05) is 24.7 Å². The van der Waals surface area contributed by atoms with E-state index in [2.05, 4.69) is 28.8 Å². The van der Waals surface area contributed by atoms with E-state index >= 15 is 0 Å². The van der Waals surface area contributed by atoms with Gasteiger partial charge in [0.15, 0.2) is 5.82 Å². The number of thiophene rings is 1. The van der Waals surface area contributed by atoms with Crippen molar-refractivity contribution >= 4 is 33.2 Å². The van der Waals surface area contributed by atoms with Crippen molar-refractivity contribution in [1.82, 2.24) is 19.5 Å². The highest BCUT2D eigenvalue weighted by Crippen LogP contribution is 2.32. The lowest BCUT2D eigenvalue weighted by Gasteiger charge is -2.05. The van der Waals surface area contributed by atoms with Crippen molar-refractivity contribution in [3.05, 3.63) is 39.1 Å². The van der Waals surface area contributed by atoms with E-state index in [1.165, 1.54) is 10.4 Å². The second kappa shape index (κ2) is 4.82. The van der Waals surface area contributed by atoms with Crippen molar-refractivity contribution in [1.29, 1.82) is 0 Å². The lowest BCUT2D eigenvalue weighted by atomic mass is 10.2. The van der Waals surface area contributed by atoms with E-state index in [0.29, 0.717) is 11.7 Å². The third-order valence-corrected chi connectivity index (χ3v) is 5.06. The third-order valence-electron chi connectivity index (χ3n) is 3.69. The molecule has 0 aliphatic carbocycles. The smallest absolute Gasteiger partial charge is 0.151 e. The maximum atomic E-state index is 6.32. The van der Waals surface area contributed by atoms with Crippen LogP contribution in [0.25, 0.3) is 10.2 Å². The molecule has 0 saturated heterocycles. The Bertz CT molecular complexity index is 803. The molecule has 0 aliphatic rings. The van der Waals surface area contributed by atoms with Gasteiger partial charge in [0, 0.05) is 10.6 Å². The normalized spacial score (nSPS) is 11.4. The zero-order chi connectivity index (χ0) is 14.4. The van der Waals surface area contributed by atoms with Crippen LogP contribution in [-0.2, 0) is 6.54 Å². The van der Waals surface area contributed by atoms with Crippen molar-refractivity contribution in [2.24, 2.45) is 0 Å². The van der Waals surface area contributed by atoms with Gasteiger partial charge in [0.25, 0.3) is 0 Å². The van der Waals surface area contributed by atoms with Crippen LogP contribution in [0.3, 0.4) is 0 Å². The summed E-state index contributed by atoms with van der Waals surface area (Å²) in [7, 11) is 0. The van der Waals surface area contributed by atoms with Gasteiger partial charge in [-0.15, -0.1) is 11.3 Å². The van der Waals surface area contributed by atoms with Gasteiger partial charge in [-0.1, -0.05) is 11.6 Å². The molecule has 104 valence electrons. The van der Waals surface area contributed by atoms with Crippen molar-refractivity contribution in [3.8, 4) is 0 Å². The average Bonchev–Trinajstić information content (AvgIpc) is 2.84. The number of imidazole rings is 1. The SMILES string of the molecule is Cc1ncn(Cc2nc(Cl)c3c(C)c(C)sc3n2)c1C. The van der Waals surface area contributed by atoms with Crippen LogP contribution in [0.5, 0.6) is 0 Å². The second-order valence-corrected chi connectivity index (χ2v) is 6.50. The Morgan fingerprint density at radius 1 is 1.20 bits per heavy atom. The quantitative estimate of drug-likeness (QED) is 0.676. The van der Waals surface area contributed by atoms with Crippen LogP contribution in [0.2, 0.25) is 5.15 Å². The lowest BCUT2D eigenvalue weighted by molar-refractivity contribution is 0.727. The second-order valence-electron chi connectivity index (χ2n) is 4.94. The number of nitrogens with zero attached hydrogens (tertiary/aromatic N) is 4. The summed E-state index contributed by atoms with van der Waals surface area (Å²) < 4.78 is 2.04. The fraction of sp³-hybridized carbons (Fsp3) is 0.357. The van der Waals surface area contributed by atoms with E-state index in [9.17, 15) is 0 Å². The summed E-state index contributed by atoms with van der Waals surface area (Å²) in [5, 5.41) is 1.53. The van der Waals surface area contributed by atoms with Crippen LogP contribution in [0.4, 0.5) is 0 Å². The Kier molecular flexibility index (Phi) is 3.26. The monoisotopic (exact) mass is 306 g/mol. The molecule has 0 fully saturated rings.